The Morgan fingerprint density at radius 3 is 2.61 bits per heavy atom. The van der Waals surface area contributed by atoms with E-state index in [1.54, 1.807) is 0 Å². The van der Waals surface area contributed by atoms with Crippen molar-refractivity contribution in [3.63, 3.8) is 0 Å². The van der Waals surface area contributed by atoms with Crippen LogP contribution in [0.3, 0.4) is 0 Å². The molecule has 1 amide bonds. The van der Waals surface area contributed by atoms with Gasteiger partial charge < -0.3 is 15.0 Å². The first-order valence-electron chi connectivity index (χ1n) is 10.3. The average Bonchev–Trinajstić information content (AvgIpc) is 3.17. The second kappa shape index (κ2) is 9.15. The molecule has 1 saturated carbocycles. The van der Waals surface area contributed by atoms with Gasteiger partial charge in [-0.05, 0) is 51.5 Å². The van der Waals surface area contributed by atoms with E-state index in [0.29, 0.717) is 38.5 Å². The molecule has 31 heavy (non-hydrogen) atoms. The fourth-order valence-corrected chi connectivity index (χ4v) is 4.18. The molecule has 3 rings (SSSR count). The van der Waals surface area contributed by atoms with Crippen LogP contribution in [0.4, 0.5) is 13.2 Å². The number of aromatic nitrogens is 1. The van der Waals surface area contributed by atoms with Crippen LogP contribution in [-0.4, -0.2) is 46.1 Å². The van der Waals surface area contributed by atoms with E-state index >= 15 is 0 Å². The lowest BCUT2D eigenvalue weighted by molar-refractivity contribution is -0.138. The lowest BCUT2D eigenvalue weighted by Gasteiger charge is -2.38. The normalized spacial score (nSPS) is 28.6. The van der Waals surface area contributed by atoms with Crippen LogP contribution in [0.2, 0.25) is 0 Å². The Bertz CT molecular complexity index is 860. The fourth-order valence-electron chi connectivity index (χ4n) is 4.18. The van der Waals surface area contributed by atoms with Gasteiger partial charge in [-0.25, -0.2) is 0 Å². The van der Waals surface area contributed by atoms with Crippen molar-refractivity contribution in [3.8, 4) is 24.2 Å². The molecule has 1 aliphatic carbocycles. The number of nitriles is 1. The van der Waals surface area contributed by atoms with Crippen LogP contribution in [0.15, 0.2) is 18.5 Å². The Morgan fingerprint density at radius 2 is 2.00 bits per heavy atom. The van der Waals surface area contributed by atoms with Gasteiger partial charge in [0.15, 0.2) is 0 Å². The van der Waals surface area contributed by atoms with Crippen LogP contribution >= 0.6 is 0 Å². The summed E-state index contributed by atoms with van der Waals surface area (Å²) in [5, 5.41) is 12.6. The van der Waals surface area contributed by atoms with Crippen LogP contribution in [0, 0.1) is 23.7 Å². The fraction of sp³-hybridized carbons (Fsp3) is 0.591. The standard InChI is InChI=1S/C22H25F3N4O2/c1-3-16-4-5-17(11-26)29(16)20(30)14-28-21(2)8-6-18(7-9-21)31-19-10-15(12-27-13-19)22(23,24)25/h1,10,12-13,16-18,28H,4-9,14H2,2H3/t16-,17+,18?,21?/m1/s1. The van der Waals surface area contributed by atoms with Crippen LogP contribution in [0.5, 0.6) is 5.75 Å². The van der Waals surface area contributed by atoms with E-state index < -0.39 is 17.8 Å². The topological polar surface area (TPSA) is 78.2 Å². The van der Waals surface area contributed by atoms with Crippen LogP contribution in [0.25, 0.3) is 0 Å². The van der Waals surface area contributed by atoms with Crippen molar-refractivity contribution < 1.29 is 22.7 Å². The molecule has 9 heteroatoms. The summed E-state index contributed by atoms with van der Waals surface area (Å²) in [7, 11) is 0. The first-order chi connectivity index (χ1) is 14.6. The lowest BCUT2D eigenvalue weighted by Crippen LogP contribution is -2.52. The van der Waals surface area contributed by atoms with Gasteiger partial charge in [0.1, 0.15) is 11.8 Å². The number of amides is 1. The van der Waals surface area contributed by atoms with Crippen molar-refractivity contribution in [1.29, 1.82) is 5.26 Å². The first-order valence-corrected chi connectivity index (χ1v) is 10.3. The molecule has 6 nitrogen and oxygen atoms in total. The summed E-state index contributed by atoms with van der Waals surface area (Å²) in [5.41, 5.74) is -1.15. The Kier molecular flexibility index (Phi) is 6.76. The van der Waals surface area contributed by atoms with Gasteiger partial charge in [-0.15, -0.1) is 6.42 Å². The van der Waals surface area contributed by atoms with Crippen LogP contribution in [-0.2, 0) is 11.0 Å². The van der Waals surface area contributed by atoms with Crippen LogP contribution < -0.4 is 10.1 Å². The van der Waals surface area contributed by atoms with Gasteiger partial charge in [0.2, 0.25) is 5.91 Å². The summed E-state index contributed by atoms with van der Waals surface area (Å²) in [4.78, 5) is 17.8. The molecule has 1 N–H and O–H groups in total. The van der Waals surface area contributed by atoms with E-state index in [1.165, 1.54) is 11.1 Å². The number of halogens is 3. The highest BCUT2D eigenvalue weighted by Crippen LogP contribution is 2.33. The number of ether oxygens (including phenoxy) is 1. The van der Waals surface area contributed by atoms with Crippen molar-refractivity contribution in [2.45, 2.75) is 75.4 Å². The molecule has 1 saturated heterocycles. The lowest BCUT2D eigenvalue weighted by atomic mass is 9.82. The van der Waals surface area contributed by atoms with Gasteiger partial charge in [-0.3, -0.25) is 9.78 Å². The third kappa shape index (κ3) is 5.48. The zero-order valence-corrected chi connectivity index (χ0v) is 17.3. The minimum Gasteiger partial charge on any atom is -0.489 e. The van der Waals surface area contributed by atoms with Gasteiger partial charge >= 0.3 is 6.18 Å². The second-order valence-electron chi connectivity index (χ2n) is 8.34. The van der Waals surface area contributed by atoms with E-state index in [-0.39, 0.29) is 35.9 Å². The Morgan fingerprint density at radius 1 is 1.32 bits per heavy atom. The number of terminal acetylenes is 1. The van der Waals surface area contributed by atoms with Crippen molar-refractivity contribution in [2.75, 3.05) is 6.54 Å². The van der Waals surface area contributed by atoms with Crippen LogP contribution in [0.1, 0.15) is 51.0 Å². The molecule has 2 heterocycles. The molecular formula is C22H25F3N4O2. The second-order valence-corrected chi connectivity index (χ2v) is 8.34. The molecule has 2 fully saturated rings. The highest BCUT2D eigenvalue weighted by Gasteiger charge is 2.38. The molecule has 0 spiro atoms. The quantitative estimate of drug-likeness (QED) is 0.720. The van der Waals surface area contributed by atoms with E-state index in [2.05, 4.69) is 22.3 Å². The van der Waals surface area contributed by atoms with Crippen molar-refractivity contribution >= 4 is 5.91 Å². The summed E-state index contributed by atoms with van der Waals surface area (Å²) in [6.07, 6.45) is 6.72. The maximum atomic E-state index is 12.8. The zero-order chi connectivity index (χ0) is 22.6. The highest BCUT2D eigenvalue weighted by molar-refractivity contribution is 5.80. The molecule has 2 atom stereocenters. The SMILES string of the molecule is C#C[C@@H]1CC[C@@H](C#N)N1C(=O)CNC1(C)CCC(Oc2cncc(C(F)(F)F)c2)CC1. The molecule has 1 aromatic rings. The molecule has 0 unspecified atom stereocenters. The summed E-state index contributed by atoms with van der Waals surface area (Å²) in [6.45, 7) is 2.09. The third-order valence-electron chi connectivity index (χ3n) is 6.06. The number of hydrogen-bond donors (Lipinski definition) is 1. The van der Waals surface area contributed by atoms with Gasteiger partial charge in [-0.2, -0.15) is 18.4 Å². The number of rotatable bonds is 5. The maximum absolute atomic E-state index is 12.8. The van der Waals surface area contributed by atoms with Gasteiger partial charge in [-0.1, -0.05) is 5.92 Å². The summed E-state index contributed by atoms with van der Waals surface area (Å²) in [6, 6.07) is 2.26. The van der Waals surface area contributed by atoms with E-state index in [9.17, 15) is 23.2 Å². The van der Waals surface area contributed by atoms with Crippen molar-refractivity contribution in [2.24, 2.45) is 0 Å². The Labute approximate surface area is 179 Å². The number of alkyl halides is 3. The van der Waals surface area contributed by atoms with Gasteiger partial charge in [0, 0.05) is 11.7 Å². The maximum Gasteiger partial charge on any atom is 0.418 e. The number of nitrogens with one attached hydrogen (secondary N) is 1. The van der Waals surface area contributed by atoms with E-state index in [4.69, 9.17) is 11.2 Å². The van der Waals surface area contributed by atoms with Gasteiger partial charge in [0.05, 0.1) is 36.5 Å². The summed E-state index contributed by atoms with van der Waals surface area (Å²) in [5.74, 6) is 2.49. The first kappa shape index (κ1) is 22.9. The Hall–Kier alpha value is -2.78. The predicted octanol–water partition coefficient (Wildman–Crippen LogP) is 3.29. The molecule has 1 aliphatic heterocycles. The molecule has 166 valence electrons. The number of pyridine rings is 1. The number of hydrogen-bond acceptors (Lipinski definition) is 5. The number of carbonyl (C=O) groups excluding carboxylic acids is 1. The number of carbonyl (C=O) groups is 1. The monoisotopic (exact) mass is 434 g/mol. The number of nitrogens with zero attached hydrogens (tertiary/aromatic N) is 3. The Balaban J connectivity index is 1.51. The largest absolute Gasteiger partial charge is 0.489 e. The van der Waals surface area contributed by atoms with E-state index in [1.807, 2.05) is 6.92 Å². The number of likely N-dealkylation sites (tertiary alicyclic amines) is 1. The predicted molar refractivity (Wildman–Crippen MR) is 107 cm³/mol. The summed E-state index contributed by atoms with van der Waals surface area (Å²) < 4.78 is 44.2. The smallest absolute Gasteiger partial charge is 0.418 e. The van der Waals surface area contributed by atoms with E-state index in [0.717, 1.165) is 12.3 Å². The minimum atomic E-state index is -4.47. The van der Waals surface area contributed by atoms with Crippen molar-refractivity contribution in [3.05, 3.63) is 24.0 Å². The minimum absolute atomic E-state index is 0.0793. The summed E-state index contributed by atoms with van der Waals surface area (Å²) >= 11 is 0. The zero-order valence-electron chi connectivity index (χ0n) is 17.3. The molecular weight excluding hydrogens is 409 g/mol. The van der Waals surface area contributed by atoms with Gasteiger partial charge in [0.25, 0.3) is 0 Å². The molecule has 0 radical (unpaired) electrons. The third-order valence-corrected chi connectivity index (χ3v) is 6.06. The average molecular weight is 434 g/mol. The highest BCUT2D eigenvalue weighted by atomic mass is 19.4. The molecule has 2 aliphatic rings. The van der Waals surface area contributed by atoms with Crippen molar-refractivity contribution in [1.82, 2.24) is 15.2 Å². The molecule has 1 aromatic heterocycles. The molecule has 0 aromatic carbocycles. The molecule has 0 bridgehead atoms.